The van der Waals surface area contributed by atoms with Gasteiger partial charge in [-0.1, -0.05) is 19.0 Å². The molecule has 2 rings (SSSR count). The number of halogens is 1. The van der Waals surface area contributed by atoms with Gasteiger partial charge in [-0.3, -0.25) is 0 Å². The van der Waals surface area contributed by atoms with E-state index in [0.717, 1.165) is 24.1 Å². The molecule has 0 saturated heterocycles. The van der Waals surface area contributed by atoms with Crippen LogP contribution in [0.4, 0.5) is 4.39 Å². The van der Waals surface area contributed by atoms with E-state index in [2.05, 4.69) is 36.2 Å². The zero-order valence-electron chi connectivity index (χ0n) is 13.0. The molecule has 1 N–H and O–H groups in total. The van der Waals surface area contributed by atoms with Crippen molar-refractivity contribution in [2.24, 2.45) is 0 Å². The number of nitrogens with one attached hydrogen (secondary N) is 1. The Labute approximate surface area is 124 Å². The molecule has 0 aliphatic rings. The molecule has 0 spiro atoms. The van der Waals surface area contributed by atoms with Crippen LogP contribution in [0, 0.1) is 12.7 Å². The fourth-order valence-corrected chi connectivity index (χ4v) is 2.58. The van der Waals surface area contributed by atoms with Gasteiger partial charge in [0.15, 0.2) is 0 Å². The normalized spacial score (nSPS) is 14.1. The first-order chi connectivity index (χ1) is 10.1. The average molecular weight is 291 g/mol. The van der Waals surface area contributed by atoms with E-state index in [1.807, 2.05) is 6.92 Å². The molecule has 4 nitrogen and oxygen atoms in total. The van der Waals surface area contributed by atoms with Crippen LogP contribution in [0.5, 0.6) is 0 Å². The van der Waals surface area contributed by atoms with Crippen LogP contribution < -0.4 is 5.32 Å². The zero-order chi connectivity index (χ0) is 15.4. The quantitative estimate of drug-likeness (QED) is 0.882. The van der Waals surface area contributed by atoms with Gasteiger partial charge in [0.05, 0.1) is 5.92 Å². The minimum atomic E-state index is -0.257. The Kier molecular flexibility index (Phi) is 5.07. The molecule has 2 aromatic rings. The third-order valence-corrected chi connectivity index (χ3v) is 3.76. The van der Waals surface area contributed by atoms with Crippen molar-refractivity contribution in [2.45, 2.75) is 46.1 Å². The molecular weight excluding hydrogens is 269 g/mol. The molecule has 0 radical (unpaired) electrons. The highest BCUT2D eigenvalue weighted by Gasteiger charge is 2.23. The Balaban J connectivity index is 2.28. The number of hydrogen-bond acceptors (Lipinski definition) is 4. The molecule has 0 aliphatic heterocycles. The highest BCUT2D eigenvalue weighted by atomic mass is 19.1. The SMILES string of the molecule is CCNC(C)C(CC)c1nc(-c2ccc(F)cc2C)no1. The molecule has 0 bridgehead atoms. The maximum atomic E-state index is 13.2. The van der Waals surface area contributed by atoms with Crippen molar-refractivity contribution >= 4 is 0 Å². The second-order valence-corrected chi connectivity index (χ2v) is 5.28. The first-order valence-electron chi connectivity index (χ1n) is 7.40. The summed E-state index contributed by atoms with van der Waals surface area (Å²) in [4.78, 5) is 4.51. The van der Waals surface area contributed by atoms with E-state index in [1.165, 1.54) is 12.1 Å². The molecule has 114 valence electrons. The highest BCUT2D eigenvalue weighted by Crippen LogP contribution is 2.26. The van der Waals surface area contributed by atoms with E-state index < -0.39 is 0 Å². The number of nitrogens with zero attached hydrogens (tertiary/aromatic N) is 2. The summed E-state index contributed by atoms with van der Waals surface area (Å²) < 4.78 is 18.6. The Bertz CT molecular complexity index is 597. The van der Waals surface area contributed by atoms with Crippen LogP contribution in [0.25, 0.3) is 11.4 Å². The minimum absolute atomic E-state index is 0.173. The van der Waals surface area contributed by atoms with Crippen LogP contribution >= 0.6 is 0 Å². The Morgan fingerprint density at radius 1 is 1.33 bits per heavy atom. The number of aryl methyl sites for hydroxylation is 1. The third-order valence-electron chi connectivity index (χ3n) is 3.76. The van der Waals surface area contributed by atoms with Crippen molar-refractivity contribution in [3.63, 3.8) is 0 Å². The smallest absolute Gasteiger partial charge is 0.231 e. The van der Waals surface area contributed by atoms with E-state index in [4.69, 9.17) is 4.52 Å². The molecular formula is C16H22FN3O. The molecule has 1 heterocycles. The molecule has 0 saturated carbocycles. The van der Waals surface area contributed by atoms with Crippen LogP contribution in [-0.4, -0.2) is 22.7 Å². The second-order valence-electron chi connectivity index (χ2n) is 5.28. The average Bonchev–Trinajstić information content (AvgIpc) is 2.89. The summed E-state index contributed by atoms with van der Waals surface area (Å²) in [5, 5.41) is 7.44. The molecule has 5 heteroatoms. The monoisotopic (exact) mass is 291 g/mol. The largest absolute Gasteiger partial charge is 0.339 e. The summed E-state index contributed by atoms with van der Waals surface area (Å²) in [6, 6.07) is 4.84. The minimum Gasteiger partial charge on any atom is -0.339 e. The van der Waals surface area contributed by atoms with Crippen LogP contribution in [0.3, 0.4) is 0 Å². The van der Waals surface area contributed by atoms with Gasteiger partial charge in [-0.2, -0.15) is 4.98 Å². The topological polar surface area (TPSA) is 51.0 Å². The lowest BCUT2D eigenvalue weighted by molar-refractivity contribution is 0.318. The molecule has 0 amide bonds. The predicted octanol–water partition coefficient (Wildman–Crippen LogP) is 3.68. The van der Waals surface area contributed by atoms with Crippen LogP contribution in [0.15, 0.2) is 22.7 Å². The molecule has 2 atom stereocenters. The number of likely N-dealkylation sites (N-methyl/N-ethyl adjacent to an activating group) is 1. The lowest BCUT2D eigenvalue weighted by Crippen LogP contribution is -2.31. The molecule has 0 fully saturated rings. The summed E-state index contributed by atoms with van der Waals surface area (Å²) in [5.74, 6) is 1.06. The maximum absolute atomic E-state index is 13.2. The van der Waals surface area contributed by atoms with Gasteiger partial charge in [0, 0.05) is 11.6 Å². The van der Waals surface area contributed by atoms with Crippen LogP contribution in [0.1, 0.15) is 44.6 Å². The van der Waals surface area contributed by atoms with Gasteiger partial charge in [0.2, 0.25) is 11.7 Å². The van der Waals surface area contributed by atoms with Crippen molar-refractivity contribution in [1.82, 2.24) is 15.5 Å². The van der Waals surface area contributed by atoms with Crippen LogP contribution in [0.2, 0.25) is 0 Å². The lowest BCUT2D eigenvalue weighted by atomic mass is 9.98. The predicted molar refractivity (Wildman–Crippen MR) is 80.6 cm³/mol. The Hall–Kier alpha value is -1.75. The van der Waals surface area contributed by atoms with Gasteiger partial charge in [-0.15, -0.1) is 0 Å². The summed E-state index contributed by atoms with van der Waals surface area (Å²) in [6.07, 6.45) is 0.915. The van der Waals surface area contributed by atoms with Gasteiger partial charge in [-0.25, -0.2) is 4.39 Å². The first kappa shape index (κ1) is 15.6. The molecule has 21 heavy (non-hydrogen) atoms. The van der Waals surface area contributed by atoms with E-state index >= 15 is 0 Å². The van der Waals surface area contributed by atoms with E-state index in [9.17, 15) is 4.39 Å². The van der Waals surface area contributed by atoms with Crippen LogP contribution in [-0.2, 0) is 0 Å². The summed E-state index contributed by atoms with van der Waals surface area (Å²) in [5.41, 5.74) is 1.60. The zero-order valence-corrected chi connectivity index (χ0v) is 13.0. The van der Waals surface area contributed by atoms with Crippen molar-refractivity contribution in [3.8, 4) is 11.4 Å². The van der Waals surface area contributed by atoms with Crippen molar-refractivity contribution in [2.75, 3.05) is 6.54 Å². The fourth-order valence-electron chi connectivity index (χ4n) is 2.58. The number of hydrogen-bond donors (Lipinski definition) is 1. The Morgan fingerprint density at radius 2 is 2.10 bits per heavy atom. The van der Waals surface area contributed by atoms with Gasteiger partial charge >= 0.3 is 0 Å². The maximum Gasteiger partial charge on any atom is 0.231 e. The second kappa shape index (κ2) is 6.80. The first-order valence-corrected chi connectivity index (χ1v) is 7.40. The van der Waals surface area contributed by atoms with E-state index in [1.54, 1.807) is 6.07 Å². The van der Waals surface area contributed by atoms with E-state index in [0.29, 0.717) is 11.7 Å². The highest BCUT2D eigenvalue weighted by molar-refractivity contribution is 5.59. The fraction of sp³-hybridized carbons (Fsp3) is 0.500. The summed E-state index contributed by atoms with van der Waals surface area (Å²) in [6.45, 7) is 9.03. The molecule has 1 aromatic heterocycles. The number of aromatic nitrogens is 2. The molecule has 0 aliphatic carbocycles. The summed E-state index contributed by atoms with van der Waals surface area (Å²) in [7, 11) is 0. The van der Waals surface area contributed by atoms with Crippen molar-refractivity contribution in [1.29, 1.82) is 0 Å². The van der Waals surface area contributed by atoms with E-state index in [-0.39, 0.29) is 17.8 Å². The van der Waals surface area contributed by atoms with Crippen molar-refractivity contribution < 1.29 is 8.91 Å². The number of rotatable bonds is 6. The lowest BCUT2D eigenvalue weighted by Gasteiger charge is -2.19. The van der Waals surface area contributed by atoms with Crippen molar-refractivity contribution in [3.05, 3.63) is 35.5 Å². The molecule has 1 aromatic carbocycles. The Morgan fingerprint density at radius 3 is 2.71 bits per heavy atom. The number of benzene rings is 1. The molecule has 2 unspecified atom stereocenters. The van der Waals surface area contributed by atoms with Gasteiger partial charge < -0.3 is 9.84 Å². The summed E-state index contributed by atoms with van der Waals surface area (Å²) >= 11 is 0. The van der Waals surface area contributed by atoms with Gasteiger partial charge in [0.25, 0.3) is 0 Å². The standard InChI is InChI=1S/C16H22FN3O/c1-5-13(11(4)18-6-2)16-19-15(20-21-16)14-8-7-12(17)9-10(14)3/h7-9,11,13,18H,5-6H2,1-4H3. The van der Waals surface area contributed by atoms with Gasteiger partial charge in [0.1, 0.15) is 5.82 Å². The van der Waals surface area contributed by atoms with Gasteiger partial charge in [-0.05, 0) is 50.6 Å². The third kappa shape index (κ3) is 3.47.